The van der Waals surface area contributed by atoms with Gasteiger partial charge in [-0.15, -0.1) is 11.7 Å². The standard InChI is InChI=1S/C23H18N4O3S/c1-3-12-26-13-17(15-8-4-6-10-18(15)26)20-22(29)27-23(31-20)24-21(25-27)16-9-5-7-11-19(16)30-14(2)28/h3-11H,1,12-13H2,2H3. The number of fused-ring (bicyclic) bond motifs is 2. The van der Waals surface area contributed by atoms with Crippen LogP contribution in [0.3, 0.4) is 0 Å². The molecule has 1 aliphatic rings. The minimum Gasteiger partial charge on any atom is -0.426 e. The van der Waals surface area contributed by atoms with Crippen molar-refractivity contribution in [1.29, 1.82) is 0 Å². The molecule has 0 atom stereocenters. The van der Waals surface area contributed by atoms with E-state index in [1.165, 1.54) is 22.8 Å². The number of thiazole rings is 1. The van der Waals surface area contributed by atoms with Crippen LogP contribution in [0.15, 0.2) is 66.0 Å². The van der Waals surface area contributed by atoms with Crippen molar-refractivity contribution in [3.63, 3.8) is 0 Å². The lowest BCUT2D eigenvalue weighted by Crippen LogP contribution is -2.28. The first-order valence-electron chi connectivity index (χ1n) is 9.72. The quantitative estimate of drug-likeness (QED) is 0.282. The van der Waals surface area contributed by atoms with Gasteiger partial charge in [0, 0.05) is 36.8 Å². The van der Waals surface area contributed by atoms with Crippen LogP contribution in [0.25, 0.3) is 21.9 Å². The van der Waals surface area contributed by atoms with Gasteiger partial charge in [0.15, 0.2) is 5.82 Å². The molecule has 0 fully saturated rings. The Morgan fingerprint density at radius 2 is 1.94 bits per heavy atom. The summed E-state index contributed by atoms with van der Waals surface area (Å²) in [5.41, 5.74) is 3.47. The molecule has 5 rings (SSSR count). The molecule has 0 bridgehead atoms. The first-order chi connectivity index (χ1) is 15.1. The summed E-state index contributed by atoms with van der Waals surface area (Å²) in [7, 11) is 0. The molecule has 0 aliphatic carbocycles. The number of rotatable bonds is 4. The summed E-state index contributed by atoms with van der Waals surface area (Å²) in [4.78, 5) is 31.9. The third-order valence-corrected chi connectivity index (χ3v) is 6.15. The van der Waals surface area contributed by atoms with Crippen LogP contribution in [-0.2, 0) is 4.79 Å². The maximum absolute atomic E-state index is 13.2. The zero-order chi connectivity index (χ0) is 21.5. The summed E-state index contributed by atoms with van der Waals surface area (Å²) in [5, 5.41) is 4.42. The number of para-hydroxylation sites is 2. The van der Waals surface area contributed by atoms with Gasteiger partial charge < -0.3 is 9.64 Å². The minimum absolute atomic E-state index is 0.200. The van der Waals surface area contributed by atoms with Crippen molar-refractivity contribution in [2.24, 2.45) is 0 Å². The Hall–Kier alpha value is -3.78. The first-order valence-corrected chi connectivity index (χ1v) is 10.5. The molecule has 0 unspecified atom stereocenters. The van der Waals surface area contributed by atoms with E-state index in [1.807, 2.05) is 24.3 Å². The Morgan fingerprint density at radius 3 is 2.68 bits per heavy atom. The van der Waals surface area contributed by atoms with E-state index in [1.54, 1.807) is 24.3 Å². The molecule has 2 aromatic heterocycles. The van der Waals surface area contributed by atoms with Gasteiger partial charge in [-0.05, 0) is 18.2 Å². The monoisotopic (exact) mass is 430 g/mol. The highest BCUT2D eigenvalue weighted by Crippen LogP contribution is 2.34. The van der Waals surface area contributed by atoms with Crippen LogP contribution in [0.2, 0.25) is 0 Å². The number of esters is 1. The van der Waals surface area contributed by atoms with Gasteiger partial charge in [0.05, 0.1) is 5.56 Å². The summed E-state index contributed by atoms with van der Waals surface area (Å²) in [5.74, 6) is 0.276. The topological polar surface area (TPSA) is 76.8 Å². The number of hydrogen-bond donors (Lipinski definition) is 0. The van der Waals surface area contributed by atoms with Gasteiger partial charge in [-0.1, -0.05) is 47.7 Å². The van der Waals surface area contributed by atoms with Gasteiger partial charge in [-0.2, -0.15) is 9.50 Å². The van der Waals surface area contributed by atoms with Gasteiger partial charge in [-0.25, -0.2) is 0 Å². The summed E-state index contributed by atoms with van der Waals surface area (Å²) in [6.07, 6.45) is 1.85. The molecule has 3 heterocycles. The minimum atomic E-state index is -0.430. The molecule has 31 heavy (non-hydrogen) atoms. The van der Waals surface area contributed by atoms with Crippen molar-refractivity contribution in [1.82, 2.24) is 14.6 Å². The fourth-order valence-electron chi connectivity index (χ4n) is 3.81. The number of aromatic nitrogens is 3. The van der Waals surface area contributed by atoms with Gasteiger partial charge in [-0.3, -0.25) is 9.59 Å². The number of benzene rings is 2. The fraction of sp³-hybridized carbons (Fsp3) is 0.130. The van der Waals surface area contributed by atoms with Gasteiger partial charge in [0.25, 0.3) is 5.56 Å². The molecule has 154 valence electrons. The van der Waals surface area contributed by atoms with E-state index in [2.05, 4.69) is 27.6 Å². The second-order valence-electron chi connectivity index (χ2n) is 7.12. The van der Waals surface area contributed by atoms with Gasteiger partial charge >= 0.3 is 5.97 Å². The van der Waals surface area contributed by atoms with Crippen LogP contribution in [0.4, 0.5) is 5.69 Å². The lowest BCUT2D eigenvalue weighted by atomic mass is 10.1. The normalized spacial score (nSPS) is 14.7. The van der Waals surface area contributed by atoms with E-state index in [0.717, 1.165) is 16.8 Å². The fourth-order valence-corrected chi connectivity index (χ4v) is 4.80. The third-order valence-electron chi connectivity index (χ3n) is 5.08. The summed E-state index contributed by atoms with van der Waals surface area (Å²) >= 11 is 1.32. The Balaban J connectivity index is 1.65. The van der Waals surface area contributed by atoms with Crippen molar-refractivity contribution >= 4 is 33.5 Å². The van der Waals surface area contributed by atoms with E-state index in [0.29, 0.717) is 39.7 Å². The molecular formula is C23H18N4O3S. The summed E-state index contributed by atoms with van der Waals surface area (Å²) in [6, 6.07) is 15.1. The number of carbonyl (C=O) groups excluding carboxylic acids is 1. The molecule has 0 spiro atoms. The predicted molar refractivity (Wildman–Crippen MR) is 120 cm³/mol. The molecule has 0 amide bonds. The number of carbonyl (C=O) groups is 1. The first kappa shape index (κ1) is 19.2. The number of ether oxygens (including phenoxy) is 1. The van der Waals surface area contributed by atoms with E-state index >= 15 is 0 Å². The molecule has 0 radical (unpaired) electrons. The van der Waals surface area contributed by atoms with Crippen molar-refractivity contribution in [3.8, 4) is 17.1 Å². The Morgan fingerprint density at radius 1 is 1.19 bits per heavy atom. The second-order valence-corrected chi connectivity index (χ2v) is 8.10. The highest BCUT2D eigenvalue weighted by molar-refractivity contribution is 7.15. The van der Waals surface area contributed by atoms with Crippen LogP contribution < -0.4 is 19.7 Å². The average molecular weight is 430 g/mol. The maximum atomic E-state index is 13.2. The zero-order valence-electron chi connectivity index (χ0n) is 16.7. The maximum Gasteiger partial charge on any atom is 0.308 e. The highest BCUT2D eigenvalue weighted by Gasteiger charge is 2.25. The average Bonchev–Trinajstić information content (AvgIpc) is 3.41. The molecule has 2 aromatic carbocycles. The largest absolute Gasteiger partial charge is 0.426 e. The van der Waals surface area contributed by atoms with Gasteiger partial charge in [0.1, 0.15) is 10.3 Å². The van der Waals surface area contributed by atoms with E-state index in [9.17, 15) is 9.59 Å². The second kappa shape index (κ2) is 7.48. The number of hydrogen-bond acceptors (Lipinski definition) is 7. The molecule has 1 aliphatic heterocycles. The third kappa shape index (κ3) is 3.21. The van der Waals surface area contributed by atoms with Crippen LogP contribution in [0, 0.1) is 0 Å². The Kier molecular flexibility index (Phi) is 4.63. The lowest BCUT2D eigenvalue weighted by molar-refractivity contribution is -0.131. The molecule has 0 saturated heterocycles. The van der Waals surface area contributed by atoms with Crippen LogP contribution in [0.1, 0.15) is 12.5 Å². The van der Waals surface area contributed by atoms with E-state index in [-0.39, 0.29) is 5.56 Å². The summed E-state index contributed by atoms with van der Waals surface area (Å²) in [6.45, 7) is 6.51. The summed E-state index contributed by atoms with van der Waals surface area (Å²) < 4.78 is 7.22. The molecule has 7 nitrogen and oxygen atoms in total. The number of anilines is 1. The van der Waals surface area contributed by atoms with Crippen molar-refractivity contribution in [3.05, 3.63) is 81.6 Å². The smallest absolute Gasteiger partial charge is 0.308 e. The number of nitrogens with zero attached hydrogens (tertiary/aromatic N) is 4. The molecule has 0 N–H and O–H groups in total. The molecular weight excluding hydrogens is 412 g/mol. The van der Waals surface area contributed by atoms with Gasteiger partial charge in [0.2, 0.25) is 4.96 Å². The van der Waals surface area contributed by atoms with E-state index < -0.39 is 5.97 Å². The Bertz CT molecular complexity index is 1450. The van der Waals surface area contributed by atoms with Crippen LogP contribution >= 0.6 is 11.3 Å². The lowest BCUT2D eigenvalue weighted by Gasteiger charge is -2.15. The van der Waals surface area contributed by atoms with Crippen LogP contribution in [0.5, 0.6) is 5.75 Å². The van der Waals surface area contributed by atoms with E-state index in [4.69, 9.17) is 4.74 Å². The molecule has 4 aromatic rings. The zero-order valence-corrected chi connectivity index (χ0v) is 17.6. The predicted octanol–water partition coefficient (Wildman–Crippen LogP) is 2.67. The Labute approximate surface area is 181 Å². The van der Waals surface area contributed by atoms with Crippen molar-refractivity contribution < 1.29 is 9.53 Å². The van der Waals surface area contributed by atoms with Crippen molar-refractivity contribution in [2.75, 3.05) is 18.0 Å². The van der Waals surface area contributed by atoms with Crippen LogP contribution in [-0.4, -0.2) is 33.7 Å². The van der Waals surface area contributed by atoms with Crippen molar-refractivity contribution in [2.45, 2.75) is 6.92 Å². The SMILES string of the molecule is C=CCN1CC(=c2sc3nc(-c4ccccc4OC(C)=O)nn3c2=O)c2ccccc21. The molecule has 8 heteroatoms. The highest BCUT2D eigenvalue weighted by atomic mass is 32.1. The molecule has 0 saturated carbocycles.